The fourth-order valence-corrected chi connectivity index (χ4v) is 4.58. The SMILES string of the molecule is COC(=O)[C@]1(CO)[NH2+][C@@H](c2ccccc2F)[C@H]2C(=O)N(c3ccccc3)C(=O)[C@@H]21. The van der Waals surface area contributed by atoms with Gasteiger partial charge in [-0.2, -0.15) is 0 Å². The van der Waals surface area contributed by atoms with Gasteiger partial charge in [0.05, 0.1) is 12.8 Å². The molecular weight excluding hydrogens is 379 g/mol. The van der Waals surface area contributed by atoms with E-state index in [-0.39, 0.29) is 5.56 Å². The molecule has 2 aromatic rings. The van der Waals surface area contributed by atoms with Crippen LogP contribution in [-0.2, 0) is 19.1 Å². The van der Waals surface area contributed by atoms with Crippen LogP contribution in [0.5, 0.6) is 0 Å². The highest BCUT2D eigenvalue weighted by atomic mass is 19.1. The quantitative estimate of drug-likeness (QED) is 0.563. The molecule has 0 aliphatic carbocycles. The normalized spacial score (nSPS) is 28.5. The fraction of sp³-hybridized carbons (Fsp3) is 0.286. The van der Waals surface area contributed by atoms with Crippen molar-refractivity contribution in [2.75, 3.05) is 18.6 Å². The van der Waals surface area contributed by atoms with E-state index in [2.05, 4.69) is 0 Å². The Morgan fingerprint density at radius 3 is 2.41 bits per heavy atom. The molecule has 2 fully saturated rings. The van der Waals surface area contributed by atoms with E-state index < -0.39 is 53.6 Å². The number of carbonyl (C=O) groups is 3. The van der Waals surface area contributed by atoms with Gasteiger partial charge in [0.2, 0.25) is 17.4 Å². The molecule has 0 radical (unpaired) electrons. The summed E-state index contributed by atoms with van der Waals surface area (Å²) in [5, 5.41) is 11.6. The maximum Gasteiger partial charge on any atom is 0.371 e. The highest BCUT2D eigenvalue weighted by Crippen LogP contribution is 2.46. The molecule has 8 heteroatoms. The molecule has 2 amide bonds. The molecule has 0 unspecified atom stereocenters. The highest BCUT2D eigenvalue weighted by Gasteiger charge is 2.73. The molecule has 2 aliphatic heterocycles. The molecule has 0 saturated carbocycles. The van der Waals surface area contributed by atoms with Crippen molar-refractivity contribution >= 4 is 23.5 Å². The number of aliphatic hydroxyl groups is 1. The number of rotatable bonds is 4. The lowest BCUT2D eigenvalue weighted by atomic mass is 9.79. The maximum atomic E-state index is 14.6. The number of halogens is 1. The van der Waals surface area contributed by atoms with Crippen molar-refractivity contribution in [3.63, 3.8) is 0 Å². The van der Waals surface area contributed by atoms with E-state index in [0.29, 0.717) is 5.69 Å². The van der Waals surface area contributed by atoms with Gasteiger partial charge in [-0.25, -0.2) is 14.1 Å². The average molecular weight is 399 g/mol. The summed E-state index contributed by atoms with van der Waals surface area (Å²) in [6.45, 7) is -0.729. The van der Waals surface area contributed by atoms with Gasteiger partial charge in [0.25, 0.3) is 0 Å². The van der Waals surface area contributed by atoms with Crippen LogP contribution in [0.25, 0.3) is 0 Å². The molecular formula is C21H20FN2O5+. The summed E-state index contributed by atoms with van der Waals surface area (Å²) in [6, 6.07) is 13.4. The second-order valence-electron chi connectivity index (χ2n) is 7.25. The van der Waals surface area contributed by atoms with Gasteiger partial charge >= 0.3 is 5.97 Å². The van der Waals surface area contributed by atoms with Gasteiger partial charge in [0.15, 0.2) is 0 Å². The van der Waals surface area contributed by atoms with Crippen molar-refractivity contribution in [3.8, 4) is 0 Å². The zero-order chi connectivity index (χ0) is 20.8. The summed E-state index contributed by atoms with van der Waals surface area (Å²) in [4.78, 5) is 40.4. The van der Waals surface area contributed by atoms with Crippen LogP contribution < -0.4 is 10.2 Å². The van der Waals surface area contributed by atoms with Crippen molar-refractivity contribution in [1.29, 1.82) is 0 Å². The lowest BCUT2D eigenvalue weighted by molar-refractivity contribution is -0.735. The standard InChI is InChI=1S/C21H19FN2O5/c1-29-20(28)21(11-25)16-15(17(23-21)13-9-5-6-10-14(13)22)18(26)24(19(16)27)12-7-3-2-4-8-12/h2-10,15-17,23,25H,11H2,1H3/p+1/t15-,16+,17-,21+/m0/s1. The van der Waals surface area contributed by atoms with Gasteiger partial charge in [-0.3, -0.25) is 9.59 Å². The first kappa shape index (κ1) is 19.2. The molecule has 7 nitrogen and oxygen atoms in total. The largest absolute Gasteiger partial charge is 0.464 e. The number of carbonyl (C=O) groups excluding carboxylic acids is 3. The zero-order valence-corrected chi connectivity index (χ0v) is 15.6. The number of aliphatic hydroxyl groups excluding tert-OH is 1. The molecule has 0 bridgehead atoms. The molecule has 3 N–H and O–H groups in total. The Labute approximate surface area is 166 Å². The molecule has 2 heterocycles. The number of ether oxygens (including phenoxy) is 1. The summed E-state index contributed by atoms with van der Waals surface area (Å²) in [5.41, 5.74) is -1.18. The number of benzene rings is 2. The minimum absolute atomic E-state index is 0.192. The van der Waals surface area contributed by atoms with Crippen LogP contribution in [0.3, 0.4) is 0 Å². The maximum absolute atomic E-state index is 14.6. The number of para-hydroxylation sites is 1. The monoisotopic (exact) mass is 399 g/mol. The molecule has 4 rings (SSSR count). The first-order valence-electron chi connectivity index (χ1n) is 9.19. The molecule has 150 valence electrons. The Morgan fingerprint density at radius 2 is 1.79 bits per heavy atom. The number of quaternary nitrogens is 1. The van der Waals surface area contributed by atoms with Gasteiger partial charge in [-0.1, -0.05) is 36.4 Å². The number of fused-ring (bicyclic) bond motifs is 1. The molecule has 2 aromatic carbocycles. The number of anilines is 1. The topological polar surface area (TPSA) is 101 Å². The number of nitrogens with two attached hydrogens (primary N) is 1. The minimum Gasteiger partial charge on any atom is -0.464 e. The van der Waals surface area contributed by atoms with Crippen molar-refractivity contribution in [3.05, 3.63) is 66.0 Å². The first-order chi connectivity index (χ1) is 14.0. The van der Waals surface area contributed by atoms with E-state index in [1.165, 1.54) is 23.5 Å². The number of methoxy groups -OCH3 is 1. The Bertz CT molecular complexity index is 982. The minimum atomic E-state index is -1.73. The Kier molecular flexibility index (Phi) is 4.68. The third kappa shape index (κ3) is 2.67. The van der Waals surface area contributed by atoms with Crippen molar-refractivity contribution < 1.29 is 33.9 Å². The van der Waals surface area contributed by atoms with Crippen LogP contribution in [-0.4, -0.2) is 42.1 Å². The Morgan fingerprint density at radius 1 is 1.14 bits per heavy atom. The molecule has 2 saturated heterocycles. The van der Waals surface area contributed by atoms with Gasteiger partial charge in [-0.15, -0.1) is 0 Å². The predicted octanol–water partition coefficient (Wildman–Crippen LogP) is 0.154. The fourth-order valence-electron chi connectivity index (χ4n) is 4.58. The van der Waals surface area contributed by atoms with Crippen molar-refractivity contribution in [1.82, 2.24) is 0 Å². The van der Waals surface area contributed by atoms with Crippen LogP contribution in [0, 0.1) is 17.7 Å². The summed E-state index contributed by atoms with van der Waals surface area (Å²) in [5.74, 6) is -4.73. The Balaban J connectivity index is 1.88. The number of hydrogen-bond donors (Lipinski definition) is 2. The molecule has 0 aromatic heterocycles. The van der Waals surface area contributed by atoms with Crippen LogP contribution in [0.4, 0.5) is 10.1 Å². The molecule has 0 spiro atoms. The van der Waals surface area contributed by atoms with Crippen LogP contribution in [0.2, 0.25) is 0 Å². The van der Waals surface area contributed by atoms with Gasteiger partial charge in [0, 0.05) is 5.56 Å². The van der Waals surface area contributed by atoms with E-state index in [4.69, 9.17) is 4.74 Å². The molecule has 2 aliphatic rings. The summed E-state index contributed by atoms with van der Waals surface area (Å²) in [7, 11) is 1.15. The third-order valence-electron chi connectivity index (χ3n) is 5.88. The average Bonchev–Trinajstić information content (AvgIpc) is 3.23. The second-order valence-corrected chi connectivity index (χ2v) is 7.25. The summed E-state index contributed by atoms with van der Waals surface area (Å²) in [6.07, 6.45) is 0. The van der Waals surface area contributed by atoms with E-state index >= 15 is 0 Å². The van der Waals surface area contributed by atoms with Gasteiger partial charge in [0.1, 0.15) is 30.3 Å². The lowest BCUT2D eigenvalue weighted by Crippen LogP contribution is -2.99. The van der Waals surface area contributed by atoms with E-state index in [9.17, 15) is 23.9 Å². The second kappa shape index (κ2) is 7.06. The predicted molar refractivity (Wildman–Crippen MR) is 98.8 cm³/mol. The number of amides is 2. The van der Waals surface area contributed by atoms with E-state index in [1.807, 2.05) is 0 Å². The molecule has 29 heavy (non-hydrogen) atoms. The van der Waals surface area contributed by atoms with Gasteiger partial charge < -0.3 is 15.2 Å². The van der Waals surface area contributed by atoms with Gasteiger partial charge in [-0.05, 0) is 18.2 Å². The molecule has 4 atom stereocenters. The summed E-state index contributed by atoms with van der Waals surface area (Å²) >= 11 is 0. The highest BCUT2D eigenvalue weighted by molar-refractivity contribution is 6.23. The van der Waals surface area contributed by atoms with Crippen LogP contribution in [0.15, 0.2) is 54.6 Å². The number of hydrogen-bond acceptors (Lipinski definition) is 5. The van der Waals surface area contributed by atoms with Crippen molar-refractivity contribution in [2.24, 2.45) is 11.8 Å². The number of imide groups is 1. The lowest BCUT2D eigenvalue weighted by Gasteiger charge is -2.27. The zero-order valence-electron chi connectivity index (χ0n) is 15.6. The Hall–Kier alpha value is -3.10. The van der Waals surface area contributed by atoms with E-state index in [1.54, 1.807) is 36.4 Å². The van der Waals surface area contributed by atoms with Crippen LogP contribution in [0.1, 0.15) is 11.6 Å². The number of esters is 1. The number of nitrogens with zero attached hydrogens (tertiary/aromatic N) is 1. The first-order valence-corrected chi connectivity index (χ1v) is 9.19. The summed E-state index contributed by atoms with van der Waals surface area (Å²) < 4.78 is 19.4. The third-order valence-corrected chi connectivity index (χ3v) is 5.88. The van der Waals surface area contributed by atoms with Crippen LogP contribution >= 0.6 is 0 Å². The van der Waals surface area contributed by atoms with Crippen molar-refractivity contribution in [2.45, 2.75) is 11.6 Å². The smallest absolute Gasteiger partial charge is 0.371 e. The van der Waals surface area contributed by atoms with E-state index in [0.717, 1.165) is 12.0 Å².